The van der Waals surface area contributed by atoms with Gasteiger partial charge in [-0.1, -0.05) is 0 Å². The zero-order valence-corrected chi connectivity index (χ0v) is 13.9. The van der Waals surface area contributed by atoms with E-state index in [9.17, 15) is 4.79 Å². The second kappa shape index (κ2) is 6.84. The molecule has 2 aromatic rings. The van der Waals surface area contributed by atoms with Crippen LogP contribution in [0.25, 0.3) is 0 Å². The molecule has 1 aliphatic carbocycles. The molecule has 1 aliphatic heterocycles. The molecule has 0 amide bonds. The van der Waals surface area contributed by atoms with Crippen molar-refractivity contribution < 1.29 is 0 Å². The smallest absolute Gasteiger partial charge is 0.266 e. The Balaban J connectivity index is 1.28. The van der Waals surface area contributed by atoms with Crippen molar-refractivity contribution in [2.75, 3.05) is 19.6 Å². The van der Waals surface area contributed by atoms with E-state index in [1.807, 2.05) is 10.7 Å². The molecule has 0 N–H and O–H groups in total. The Hall–Kier alpha value is -2.02. The Morgan fingerprint density at radius 3 is 2.62 bits per heavy atom. The molecule has 0 spiro atoms. The Labute approximate surface area is 141 Å². The van der Waals surface area contributed by atoms with Gasteiger partial charge in [-0.3, -0.25) is 9.48 Å². The molecule has 0 unspecified atom stereocenters. The van der Waals surface area contributed by atoms with Gasteiger partial charge in [-0.25, -0.2) is 9.67 Å². The normalized spacial score (nSPS) is 19.7. The highest BCUT2D eigenvalue weighted by atomic mass is 16.1. The first kappa shape index (κ1) is 15.5. The summed E-state index contributed by atoms with van der Waals surface area (Å²) in [6, 6.07) is 3.59. The minimum Gasteiger partial charge on any atom is -0.301 e. The zero-order valence-electron chi connectivity index (χ0n) is 13.9. The van der Waals surface area contributed by atoms with E-state index in [0.717, 1.165) is 51.3 Å². The summed E-state index contributed by atoms with van der Waals surface area (Å²) in [5.41, 5.74) is 1.13. The maximum Gasteiger partial charge on any atom is 0.266 e. The maximum atomic E-state index is 12.1. The average Bonchev–Trinajstić information content (AvgIpc) is 3.32. The summed E-state index contributed by atoms with van der Waals surface area (Å²) in [4.78, 5) is 18.5. The molecule has 7 nitrogen and oxygen atoms in total. The molecule has 128 valence electrons. The van der Waals surface area contributed by atoms with E-state index in [0.29, 0.717) is 11.8 Å². The van der Waals surface area contributed by atoms with Crippen LogP contribution in [0.2, 0.25) is 0 Å². The van der Waals surface area contributed by atoms with Crippen molar-refractivity contribution in [2.24, 2.45) is 5.92 Å². The van der Waals surface area contributed by atoms with E-state index in [4.69, 9.17) is 0 Å². The van der Waals surface area contributed by atoms with Crippen molar-refractivity contribution in [3.63, 3.8) is 0 Å². The summed E-state index contributed by atoms with van der Waals surface area (Å²) in [5.74, 6) is 1.14. The molecule has 0 aromatic carbocycles. The van der Waals surface area contributed by atoms with Gasteiger partial charge in [-0.05, 0) is 50.8 Å². The first-order valence-electron chi connectivity index (χ1n) is 8.91. The maximum absolute atomic E-state index is 12.1. The SMILES string of the molecule is O=c1ccc(C2CC2)nn1CC1CCN(CCn2cncn2)CC1. The van der Waals surface area contributed by atoms with Gasteiger partial charge in [0, 0.05) is 25.1 Å². The molecule has 24 heavy (non-hydrogen) atoms. The van der Waals surface area contributed by atoms with Crippen molar-refractivity contribution in [3.8, 4) is 0 Å². The molecule has 1 saturated heterocycles. The van der Waals surface area contributed by atoms with Crippen molar-refractivity contribution in [1.29, 1.82) is 0 Å². The third-order valence-electron chi connectivity index (χ3n) is 5.13. The Morgan fingerprint density at radius 2 is 1.92 bits per heavy atom. The molecule has 4 rings (SSSR count). The molecule has 0 radical (unpaired) electrons. The fraction of sp³-hybridized carbons (Fsp3) is 0.647. The van der Waals surface area contributed by atoms with Crippen LogP contribution in [0.4, 0.5) is 0 Å². The lowest BCUT2D eigenvalue weighted by atomic mass is 9.97. The number of rotatable bonds is 6. The molecular formula is C17H24N6O. The van der Waals surface area contributed by atoms with Crippen molar-refractivity contribution in [1.82, 2.24) is 29.4 Å². The Morgan fingerprint density at radius 1 is 1.08 bits per heavy atom. The average molecular weight is 328 g/mol. The van der Waals surface area contributed by atoms with E-state index in [1.165, 1.54) is 12.8 Å². The van der Waals surface area contributed by atoms with Gasteiger partial charge in [0.2, 0.25) is 0 Å². The third-order valence-corrected chi connectivity index (χ3v) is 5.13. The lowest BCUT2D eigenvalue weighted by Gasteiger charge is -2.31. The van der Waals surface area contributed by atoms with Crippen LogP contribution >= 0.6 is 0 Å². The summed E-state index contributed by atoms with van der Waals surface area (Å²) >= 11 is 0. The largest absolute Gasteiger partial charge is 0.301 e. The summed E-state index contributed by atoms with van der Waals surface area (Å²) in [5, 5.41) is 8.73. The summed E-state index contributed by atoms with van der Waals surface area (Å²) < 4.78 is 3.57. The summed E-state index contributed by atoms with van der Waals surface area (Å²) in [6.45, 7) is 4.81. The number of hydrogen-bond donors (Lipinski definition) is 0. The van der Waals surface area contributed by atoms with Gasteiger partial charge in [-0.15, -0.1) is 0 Å². The van der Waals surface area contributed by atoms with Gasteiger partial charge < -0.3 is 4.90 Å². The van der Waals surface area contributed by atoms with Crippen LogP contribution in [0.5, 0.6) is 0 Å². The van der Waals surface area contributed by atoms with Gasteiger partial charge >= 0.3 is 0 Å². The van der Waals surface area contributed by atoms with E-state index in [-0.39, 0.29) is 5.56 Å². The van der Waals surface area contributed by atoms with E-state index in [2.05, 4.69) is 20.1 Å². The monoisotopic (exact) mass is 328 g/mol. The van der Waals surface area contributed by atoms with E-state index >= 15 is 0 Å². The zero-order chi connectivity index (χ0) is 16.4. The van der Waals surface area contributed by atoms with Crippen molar-refractivity contribution in [2.45, 2.75) is 44.7 Å². The first-order valence-corrected chi connectivity index (χ1v) is 8.91. The quantitative estimate of drug-likeness (QED) is 0.795. The van der Waals surface area contributed by atoms with E-state index < -0.39 is 0 Å². The van der Waals surface area contributed by atoms with Crippen LogP contribution in [-0.4, -0.2) is 49.1 Å². The van der Waals surface area contributed by atoms with Crippen molar-refractivity contribution in [3.05, 3.63) is 40.8 Å². The number of nitrogens with zero attached hydrogens (tertiary/aromatic N) is 6. The standard InChI is InChI=1S/C17H24N6O/c24-17-4-3-16(15-1-2-15)20-23(17)11-14-5-7-21(8-6-14)9-10-22-13-18-12-19-22/h3-4,12-15H,1-2,5-11H2. The number of aromatic nitrogens is 5. The Kier molecular flexibility index (Phi) is 4.42. The van der Waals surface area contributed by atoms with Crippen LogP contribution in [-0.2, 0) is 13.1 Å². The third kappa shape index (κ3) is 3.72. The highest BCUT2D eigenvalue weighted by Gasteiger charge is 2.26. The fourth-order valence-electron chi connectivity index (χ4n) is 3.42. The lowest BCUT2D eigenvalue weighted by molar-refractivity contribution is 0.163. The minimum absolute atomic E-state index is 0.0352. The van der Waals surface area contributed by atoms with Crippen LogP contribution in [0.15, 0.2) is 29.6 Å². The summed E-state index contributed by atoms with van der Waals surface area (Å²) in [7, 11) is 0. The van der Waals surface area contributed by atoms with Gasteiger partial charge in [0.15, 0.2) is 0 Å². The predicted molar refractivity (Wildman–Crippen MR) is 89.7 cm³/mol. The molecule has 0 bridgehead atoms. The fourth-order valence-corrected chi connectivity index (χ4v) is 3.42. The summed E-state index contributed by atoms with van der Waals surface area (Å²) in [6.07, 6.45) is 8.02. The van der Waals surface area contributed by atoms with Crippen molar-refractivity contribution >= 4 is 0 Å². The Bertz CT molecular complexity index is 713. The number of piperidine rings is 1. The van der Waals surface area contributed by atoms with E-state index in [1.54, 1.807) is 23.4 Å². The van der Waals surface area contributed by atoms with Crippen LogP contribution in [0.1, 0.15) is 37.3 Å². The lowest BCUT2D eigenvalue weighted by Crippen LogP contribution is -2.38. The van der Waals surface area contributed by atoms with Gasteiger partial charge in [0.1, 0.15) is 12.7 Å². The van der Waals surface area contributed by atoms with Gasteiger partial charge in [0.25, 0.3) is 5.56 Å². The van der Waals surface area contributed by atoms with Crippen LogP contribution in [0.3, 0.4) is 0 Å². The second-order valence-electron chi connectivity index (χ2n) is 7.00. The number of hydrogen-bond acceptors (Lipinski definition) is 5. The van der Waals surface area contributed by atoms with Crippen LogP contribution < -0.4 is 5.56 Å². The molecule has 3 heterocycles. The number of likely N-dealkylation sites (tertiary alicyclic amines) is 1. The topological polar surface area (TPSA) is 68.8 Å². The molecule has 0 atom stereocenters. The molecule has 1 saturated carbocycles. The van der Waals surface area contributed by atoms with Gasteiger partial charge in [-0.2, -0.15) is 10.2 Å². The molecule has 7 heteroatoms. The van der Waals surface area contributed by atoms with Gasteiger partial charge in [0.05, 0.1) is 12.2 Å². The molecule has 2 aromatic heterocycles. The highest BCUT2D eigenvalue weighted by molar-refractivity contribution is 5.12. The highest BCUT2D eigenvalue weighted by Crippen LogP contribution is 2.38. The minimum atomic E-state index is 0.0352. The first-order chi connectivity index (χ1) is 11.8. The molecular weight excluding hydrogens is 304 g/mol. The predicted octanol–water partition coefficient (Wildman–Crippen LogP) is 1.12. The second-order valence-corrected chi connectivity index (χ2v) is 7.00. The molecule has 2 aliphatic rings. The van der Waals surface area contributed by atoms with Crippen LogP contribution in [0, 0.1) is 5.92 Å². The molecule has 2 fully saturated rings.